The summed E-state index contributed by atoms with van der Waals surface area (Å²) in [6, 6.07) is 9.45. The highest BCUT2D eigenvalue weighted by molar-refractivity contribution is 8.01. The van der Waals surface area contributed by atoms with Gasteiger partial charge in [-0.15, -0.1) is 23.1 Å². The maximum absolute atomic E-state index is 12.5. The number of thiazole rings is 1. The molecule has 130 valence electrons. The van der Waals surface area contributed by atoms with Crippen LogP contribution in [0, 0.1) is 0 Å². The minimum atomic E-state index is -0.466. The summed E-state index contributed by atoms with van der Waals surface area (Å²) < 4.78 is 5.49. The number of rotatable bonds is 4. The molecule has 1 amide bonds. The maximum atomic E-state index is 12.5. The zero-order valence-electron chi connectivity index (χ0n) is 13.8. The SMILES string of the molecule is C[C@]12CCC(=O)N1[C@@H](C(=O)OCc1cnc(-c3ccccc3)s1)CS2. The minimum absolute atomic E-state index is 0.0543. The van der Waals surface area contributed by atoms with E-state index >= 15 is 0 Å². The molecule has 2 atom stereocenters. The molecule has 2 fully saturated rings. The van der Waals surface area contributed by atoms with Crippen LogP contribution in [-0.4, -0.2) is 38.4 Å². The van der Waals surface area contributed by atoms with Gasteiger partial charge in [0, 0.05) is 23.9 Å². The lowest BCUT2D eigenvalue weighted by molar-refractivity contribution is -0.154. The van der Waals surface area contributed by atoms with Crippen molar-refractivity contribution in [2.45, 2.75) is 37.3 Å². The third kappa shape index (κ3) is 3.06. The van der Waals surface area contributed by atoms with Crippen molar-refractivity contribution in [1.82, 2.24) is 9.88 Å². The van der Waals surface area contributed by atoms with Gasteiger partial charge < -0.3 is 9.64 Å². The van der Waals surface area contributed by atoms with Crippen LogP contribution in [0.4, 0.5) is 0 Å². The molecule has 0 bridgehead atoms. The first-order valence-corrected chi connectivity index (χ1v) is 10.00. The van der Waals surface area contributed by atoms with Crippen LogP contribution in [0.2, 0.25) is 0 Å². The topological polar surface area (TPSA) is 59.5 Å². The molecule has 5 nitrogen and oxygen atoms in total. The Hall–Kier alpha value is -1.86. The predicted molar refractivity (Wildman–Crippen MR) is 98.1 cm³/mol. The van der Waals surface area contributed by atoms with Crippen LogP contribution in [0.3, 0.4) is 0 Å². The van der Waals surface area contributed by atoms with Gasteiger partial charge in [0.25, 0.3) is 0 Å². The van der Waals surface area contributed by atoms with Crippen molar-refractivity contribution >= 4 is 35.0 Å². The van der Waals surface area contributed by atoms with E-state index in [0.29, 0.717) is 12.2 Å². The van der Waals surface area contributed by atoms with Crippen LogP contribution in [0.5, 0.6) is 0 Å². The molecule has 0 unspecified atom stereocenters. The highest BCUT2D eigenvalue weighted by Crippen LogP contribution is 2.47. The van der Waals surface area contributed by atoms with Gasteiger partial charge in [-0.1, -0.05) is 30.3 Å². The van der Waals surface area contributed by atoms with E-state index in [1.54, 1.807) is 22.9 Å². The summed E-state index contributed by atoms with van der Waals surface area (Å²) in [5.41, 5.74) is 1.05. The van der Waals surface area contributed by atoms with Crippen molar-refractivity contribution in [3.05, 3.63) is 41.4 Å². The molecule has 2 saturated heterocycles. The third-order valence-electron chi connectivity index (χ3n) is 4.65. The van der Waals surface area contributed by atoms with Crippen LogP contribution >= 0.6 is 23.1 Å². The van der Waals surface area contributed by atoms with E-state index in [1.807, 2.05) is 37.3 Å². The van der Waals surface area contributed by atoms with Crippen molar-refractivity contribution in [2.75, 3.05) is 5.75 Å². The standard InChI is InChI=1S/C18H18N2O3S2/c1-18-8-7-15(21)20(18)14(11-24-18)17(22)23-10-13-9-19-16(25-13)12-5-3-2-4-6-12/h2-6,9,14H,7-8,10-11H2,1H3/t14-,18+/m1/s1. The Morgan fingerprint density at radius 3 is 3.00 bits per heavy atom. The van der Waals surface area contributed by atoms with Crippen LogP contribution < -0.4 is 0 Å². The Balaban J connectivity index is 1.40. The number of amides is 1. The normalized spacial score (nSPS) is 25.2. The van der Waals surface area contributed by atoms with E-state index < -0.39 is 6.04 Å². The molecular weight excluding hydrogens is 356 g/mol. The van der Waals surface area contributed by atoms with E-state index in [9.17, 15) is 9.59 Å². The third-order valence-corrected chi connectivity index (χ3v) is 7.17. The molecule has 0 radical (unpaired) electrons. The molecule has 0 N–H and O–H groups in total. The van der Waals surface area contributed by atoms with Crippen LogP contribution in [0.15, 0.2) is 36.5 Å². The van der Waals surface area contributed by atoms with Gasteiger partial charge in [-0.2, -0.15) is 0 Å². The highest BCUT2D eigenvalue weighted by Gasteiger charge is 2.53. The number of hydrogen-bond acceptors (Lipinski definition) is 6. The van der Waals surface area contributed by atoms with Gasteiger partial charge in [0.2, 0.25) is 5.91 Å². The van der Waals surface area contributed by atoms with E-state index in [-0.39, 0.29) is 23.4 Å². The average Bonchev–Trinajstić information content (AvgIpc) is 3.30. The van der Waals surface area contributed by atoms with Gasteiger partial charge in [0.15, 0.2) is 0 Å². The quantitative estimate of drug-likeness (QED) is 0.769. The molecule has 7 heteroatoms. The zero-order chi connectivity index (χ0) is 17.4. The summed E-state index contributed by atoms with van der Waals surface area (Å²) in [4.78, 5) is 31.4. The Labute approximate surface area is 154 Å². The van der Waals surface area contributed by atoms with E-state index in [0.717, 1.165) is 21.9 Å². The monoisotopic (exact) mass is 374 g/mol. The van der Waals surface area contributed by atoms with Gasteiger partial charge in [-0.05, 0) is 13.3 Å². The molecule has 1 aromatic heterocycles. The molecule has 2 aromatic rings. The van der Waals surface area contributed by atoms with Crippen molar-refractivity contribution in [2.24, 2.45) is 0 Å². The smallest absolute Gasteiger partial charge is 0.330 e. The predicted octanol–water partition coefficient (Wildman–Crippen LogP) is 3.31. The van der Waals surface area contributed by atoms with Gasteiger partial charge in [0.1, 0.15) is 17.7 Å². The minimum Gasteiger partial charge on any atom is -0.458 e. The fourth-order valence-electron chi connectivity index (χ4n) is 3.32. The highest BCUT2D eigenvalue weighted by atomic mass is 32.2. The first-order valence-electron chi connectivity index (χ1n) is 8.20. The number of fused-ring (bicyclic) bond motifs is 1. The Bertz CT molecular complexity index is 808. The second-order valence-electron chi connectivity index (χ2n) is 6.37. The number of hydrogen-bond donors (Lipinski definition) is 0. The summed E-state index contributed by atoms with van der Waals surface area (Å²) in [6.45, 7) is 2.23. The van der Waals surface area contributed by atoms with Crippen molar-refractivity contribution in [1.29, 1.82) is 0 Å². The fraction of sp³-hybridized carbons (Fsp3) is 0.389. The van der Waals surface area contributed by atoms with Gasteiger partial charge in [-0.3, -0.25) is 4.79 Å². The zero-order valence-corrected chi connectivity index (χ0v) is 15.4. The van der Waals surface area contributed by atoms with Gasteiger partial charge in [0.05, 0.1) is 9.75 Å². The first kappa shape index (κ1) is 16.6. The van der Waals surface area contributed by atoms with Crippen LogP contribution in [0.1, 0.15) is 24.6 Å². The Kier molecular flexibility index (Phi) is 4.29. The number of ether oxygens (including phenoxy) is 1. The van der Waals surface area contributed by atoms with Crippen molar-refractivity contribution in [3.8, 4) is 10.6 Å². The number of carbonyl (C=O) groups excluding carboxylic acids is 2. The van der Waals surface area contributed by atoms with Crippen LogP contribution in [-0.2, 0) is 20.9 Å². The fourth-order valence-corrected chi connectivity index (χ4v) is 5.57. The number of aromatic nitrogens is 1. The summed E-state index contributed by atoms with van der Waals surface area (Å²) in [6.07, 6.45) is 3.06. The lowest BCUT2D eigenvalue weighted by atomic mass is 10.2. The number of nitrogens with zero attached hydrogens (tertiary/aromatic N) is 2. The summed E-state index contributed by atoms with van der Waals surface area (Å²) in [5, 5.41) is 0.908. The molecule has 1 aromatic carbocycles. The number of thioether (sulfide) groups is 1. The average molecular weight is 374 g/mol. The van der Waals surface area contributed by atoms with E-state index in [2.05, 4.69) is 4.98 Å². The maximum Gasteiger partial charge on any atom is 0.330 e. The van der Waals surface area contributed by atoms with E-state index in [1.165, 1.54) is 11.3 Å². The molecule has 0 spiro atoms. The molecule has 2 aliphatic rings. The van der Waals surface area contributed by atoms with Gasteiger partial charge in [-0.25, -0.2) is 9.78 Å². The summed E-state index contributed by atoms with van der Waals surface area (Å²) in [7, 11) is 0. The summed E-state index contributed by atoms with van der Waals surface area (Å²) >= 11 is 3.19. The number of benzene rings is 1. The molecule has 0 aliphatic carbocycles. The van der Waals surface area contributed by atoms with Crippen molar-refractivity contribution < 1.29 is 14.3 Å². The number of carbonyl (C=O) groups is 2. The number of esters is 1. The van der Waals surface area contributed by atoms with E-state index in [4.69, 9.17) is 4.74 Å². The largest absolute Gasteiger partial charge is 0.458 e. The van der Waals surface area contributed by atoms with Gasteiger partial charge >= 0.3 is 5.97 Å². The molecular formula is C18H18N2O3S2. The Morgan fingerprint density at radius 2 is 2.20 bits per heavy atom. The summed E-state index contributed by atoms with van der Waals surface area (Å²) in [5.74, 6) is 0.346. The molecule has 3 heterocycles. The molecule has 2 aliphatic heterocycles. The Morgan fingerprint density at radius 1 is 1.40 bits per heavy atom. The van der Waals surface area contributed by atoms with Crippen molar-refractivity contribution in [3.63, 3.8) is 0 Å². The second-order valence-corrected chi connectivity index (χ2v) is 8.99. The lowest BCUT2D eigenvalue weighted by Gasteiger charge is -2.29. The molecule has 25 heavy (non-hydrogen) atoms. The second kappa shape index (κ2) is 6.46. The van der Waals surface area contributed by atoms with Crippen LogP contribution in [0.25, 0.3) is 10.6 Å². The lowest BCUT2D eigenvalue weighted by Crippen LogP contribution is -2.46. The molecule has 0 saturated carbocycles. The first-order chi connectivity index (χ1) is 12.1. The molecule has 4 rings (SSSR count).